The van der Waals surface area contributed by atoms with E-state index in [0.717, 1.165) is 0 Å². The lowest BCUT2D eigenvalue weighted by molar-refractivity contribution is -0.138. The largest absolute Gasteiger partial charge is 0.504 e. The predicted molar refractivity (Wildman–Crippen MR) is 119 cm³/mol. The van der Waals surface area contributed by atoms with E-state index in [-0.39, 0.29) is 23.5 Å². The molecule has 3 aromatic rings. The minimum Gasteiger partial charge on any atom is -0.504 e. The molecular weight excluding hydrogens is 432 g/mol. The number of allylic oxidation sites excluding steroid dienone is 1. The van der Waals surface area contributed by atoms with Crippen LogP contribution >= 0.6 is 11.3 Å². The molecule has 0 unspecified atom stereocenters. The highest BCUT2D eigenvalue weighted by Gasteiger charge is 2.32. The van der Waals surface area contributed by atoms with Crippen LogP contribution in [0.4, 0.5) is 0 Å². The van der Waals surface area contributed by atoms with Crippen molar-refractivity contribution in [3.05, 3.63) is 73.2 Å². The van der Waals surface area contributed by atoms with Crippen molar-refractivity contribution in [1.82, 2.24) is 4.57 Å². The molecule has 1 atom stereocenters. The first kappa shape index (κ1) is 21.6. The summed E-state index contributed by atoms with van der Waals surface area (Å²) in [7, 11) is 0. The highest BCUT2D eigenvalue weighted by atomic mass is 32.1. The number of phenols is 1. The Balaban J connectivity index is 1.94. The molecule has 0 fully saturated rings. The molecule has 0 bridgehead atoms. The summed E-state index contributed by atoms with van der Waals surface area (Å²) in [5.41, 5.74) is 1.06. The zero-order valence-corrected chi connectivity index (χ0v) is 18.6. The van der Waals surface area contributed by atoms with Gasteiger partial charge in [0.1, 0.15) is 16.3 Å². The Morgan fingerprint density at radius 2 is 2.12 bits per heavy atom. The molecule has 0 spiro atoms. The fourth-order valence-corrected chi connectivity index (χ4v) is 4.55. The maximum absolute atomic E-state index is 13.1. The van der Waals surface area contributed by atoms with Gasteiger partial charge in [-0.05, 0) is 50.6 Å². The van der Waals surface area contributed by atoms with E-state index in [1.165, 1.54) is 28.2 Å². The molecule has 32 heavy (non-hydrogen) atoms. The number of carbonyl (C=O) groups excluding carboxylic acids is 1. The van der Waals surface area contributed by atoms with Crippen LogP contribution in [-0.2, 0) is 9.53 Å². The van der Waals surface area contributed by atoms with Crippen molar-refractivity contribution in [1.29, 1.82) is 0 Å². The van der Waals surface area contributed by atoms with Crippen LogP contribution in [0.25, 0.3) is 11.8 Å². The summed E-state index contributed by atoms with van der Waals surface area (Å²) < 4.78 is 18.0. The van der Waals surface area contributed by atoms with Crippen LogP contribution in [0.15, 0.2) is 56.4 Å². The van der Waals surface area contributed by atoms with Gasteiger partial charge in [0.05, 0.1) is 25.1 Å². The maximum Gasteiger partial charge on any atom is 0.338 e. The second-order valence-electron chi connectivity index (χ2n) is 6.96. The Labute approximate surface area is 187 Å². The molecule has 166 valence electrons. The number of thiazole rings is 1. The first-order chi connectivity index (χ1) is 15.4. The summed E-state index contributed by atoms with van der Waals surface area (Å²) in [5, 5.41) is 10.1. The molecule has 2 aromatic heterocycles. The van der Waals surface area contributed by atoms with E-state index in [1.54, 1.807) is 44.2 Å². The van der Waals surface area contributed by atoms with Crippen LogP contribution in [0.1, 0.15) is 38.1 Å². The van der Waals surface area contributed by atoms with Gasteiger partial charge in [-0.3, -0.25) is 9.36 Å². The smallest absolute Gasteiger partial charge is 0.338 e. The van der Waals surface area contributed by atoms with Gasteiger partial charge in [-0.1, -0.05) is 17.4 Å². The third-order valence-electron chi connectivity index (χ3n) is 4.96. The quantitative estimate of drug-likeness (QED) is 0.575. The van der Waals surface area contributed by atoms with Gasteiger partial charge in [0.2, 0.25) is 0 Å². The molecular formula is C23H22N2O6S. The highest BCUT2D eigenvalue weighted by Crippen LogP contribution is 2.36. The maximum atomic E-state index is 13.1. The fraction of sp³-hybridized carbons (Fsp3) is 0.261. The summed E-state index contributed by atoms with van der Waals surface area (Å²) in [6.45, 7) is 5.79. The number of phenolic OH excluding ortho intramolecular Hbond substituents is 1. The van der Waals surface area contributed by atoms with Crippen molar-refractivity contribution in [3.63, 3.8) is 0 Å². The number of benzene rings is 1. The standard InChI is InChI=1S/C23H22N2O6S/c1-4-29-17-11-14(8-9-16(17)26)20-19(22(28)30-5-2)13(3)25-21(27)18(32-23(25)24-20)12-15-7-6-10-31-15/h6-12,20,26H,4-5H2,1-3H3/b18-12+/t20-/m0/s1. The number of carbonyl (C=O) groups is 1. The van der Waals surface area contributed by atoms with E-state index in [2.05, 4.69) is 0 Å². The third kappa shape index (κ3) is 3.87. The molecule has 0 amide bonds. The monoisotopic (exact) mass is 454 g/mol. The normalized spacial score (nSPS) is 16.0. The number of fused-ring (bicyclic) bond motifs is 1. The predicted octanol–water partition coefficient (Wildman–Crippen LogP) is 2.60. The molecule has 3 heterocycles. The number of ether oxygens (including phenoxy) is 2. The number of furan rings is 1. The molecule has 9 heteroatoms. The van der Waals surface area contributed by atoms with Crippen molar-refractivity contribution < 1.29 is 23.8 Å². The van der Waals surface area contributed by atoms with E-state index in [1.807, 2.05) is 6.92 Å². The van der Waals surface area contributed by atoms with Gasteiger partial charge in [0, 0.05) is 11.8 Å². The number of hydrogen-bond acceptors (Lipinski definition) is 8. The number of aromatic nitrogens is 1. The van der Waals surface area contributed by atoms with Crippen molar-refractivity contribution in [2.24, 2.45) is 4.99 Å². The molecule has 8 nitrogen and oxygen atoms in total. The molecule has 0 saturated carbocycles. The Kier molecular flexibility index (Phi) is 6.00. The molecule has 1 aliphatic heterocycles. The van der Waals surface area contributed by atoms with E-state index in [0.29, 0.717) is 38.7 Å². The van der Waals surface area contributed by atoms with Gasteiger partial charge in [0.15, 0.2) is 16.3 Å². The minimum absolute atomic E-state index is 0.00633. The topological polar surface area (TPSA) is 103 Å². The average molecular weight is 455 g/mol. The van der Waals surface area contributed by atoms with Gasteiger partial charge in [0.25, 0.3) is 5.56 Å². The van der Waals surface area contributed by atoms with E-state index >= 15 is 0 Å². The van der Waals surface area contributed by atoms with Crippen molar-refractivity contribution in [2.75, 3.05) is 13.2 Å². The van der Waals surface area contributed by atoms with Crippen LogP contribution < -0.4 is 19.6 Å². The Bertz CT molecular complexity index is 1360. The molecule has 0 radical (unpaired) electrons. The minimum atomic E-state index is -0.719. The van der Waals surface area contributed by atoms with Crippen molar-refractivity contribution in [3.8, 4) is 11.5 Å². The van der Waals surface area contributed by atoms with E-state index in [9.17, 15) is 14.7 Å². The zero-order valence-electron chi connectivity index (χ0n) is 17.8. The van der Waals surface area contributed by atoms with Gasteiger partial charge >= 0.3 is 5.97 Å². The summed E-state index contributed by atoms with van der Waals surface area (Å²) in [6.07, 6.45) is 3.18. The van der Waals surface area contributed by atoms with Gasteiger partial charge < -0.3 is 19.0 Å². The van der Waals surface area contributed by atoms with Crippen molar-refractivity contribution >= 4 is 29.1 Å². The summed E-state index contributed by atoms with van der Waals surface area (Å²) >= 11 is 1.21. The number of nitrogens with zero attached hydrogens (tertiary/aromatic N) is 2. The van der Waals surface area contributed by atoms with Crippen LogP contribution in [0, 0.1) is 0 Å². The van der Waals surface area contributed by atoms with Crippen LogP contribution in [0.3, 0.4) is 0 Å². The lowest BCUT2D eigenvalue weighted by Crippen LogP contribution is -2.35. The summed E-state index contributed by atoms with van der Waals surface area (Å²) in [6, 6.07) is 7.60. The fourth-order valence-electron chi connectivity index (χ4n) is 3.53. The summed E-state index contributed by atoms with van der Waals surface area (Å²) in [5.74, 6) is 0.283. The van der Waals surface area contributed by atoms with Gasteiger partial charge in [-0.25, -0.2) is 9.79 Å². The molecule has 1 aromatic carbocycles. The Morgan fingerprint density at radius 1 is 1.31 bits per heavy atom. The van der Waals surface area contributed by atoms with Gasteiger partial charge in [-0.15, -0.1) is 0 Å². The van der Waals surface area contributed by atoms with Crippen molar-refractivity contribution in [2.45, 2.75) is 26.8 Å². The van der Waals surface area contributed by atoms with Gasteiger partial charge in [-0.2, -0.15) is 0 Å². The number of aromatic hydroxyl groups is 1. The average Bonchev–Trinajstić information content (AvgIpc) is 3.38. The lowest BCUT2D eigenvalue weighted by atomic mass is 9.96. The second-order valence-corrected chi connectivity index (χ2v) is 7.97. The molecule has 4 rings (SSSR count). The number of rotatable bonds is 6. The molecule has 1 N–H and O–H groups in total. The van der Waals surface area contributed by atoms with Crippen LogP contribution in [-0.4, -0.2) is 28.9 Å². The van der Waals surface area contributed by atoms with E-state index < -0.39 is 12.0 Å². The third-order valence-corrected chi connectivity index (χ3v) is 5.94. The summed E-state index contributed by atoms with van der Waals surface area (Å²) in [4.78, 5) is 31.2. The lowest BCUT2D eigenvalue weighted by Gasteiger charge is -2.22. The Hall–Kier alpha value is -3.59. The first-order valence-electron chi connectivity index (χ1n) is 10.1. The highest BCUT2D eigenvalue weighted by molar-refractivity contribution is 7.07. The first-order valence-corrected chi connectivity index (χ1v) is 10.9. The number of esters is 1. The van der Waals surface area contributed by atoms with E-state index in [4.69, 9.17) is 18.9 Å². The van der Waals surface area contributed by atoms with Crippen LogP contribution in [0.5, 0.6) is 11.5 Å². The second kappa shape index (κ2) is 8.88. The zero-order chi connectivity index (χ0) is 22.8. The Morgan fingerprint density at radius 3 is 2.81 bits per heavy atom. The molecule has 0 aliphatic carbocycles. The number of hydrogen-bond donors (Lipinski definition) is 1. The molecule has 1 aliphatic rings. The molecule has 0 saturated heterocycles. The SMILES string of the molecule is CCOC(=O)C1=C(C)n2c(s/c(=C/c3ccco3)c2=O)=N[C@H]1c1ccc(O)c(OCC)c1. The van der Waals surface area contributed by atoms with Crippen LogP contribution in [0.2, 0.25) is 0 Å².